The van der Waals surface area contributed by atoms with Gasteiger partial charge in [-0.25, -0.2) is 0 Å². The molecule has 0 aromatic heterocycles. The maximum Gasteiger partial charge on any atom is 0.692 e. The third kappa shape index (κ3) is 43.7. The Morgan fingerprint density at radius 3 is 1.91 bits per heavy atom. The van der Waals surface area contributed by atoms with Gasteiger partial charge in [-0.3, -0.25) is 4.79 Å². The monoisotopic (exact) mass is 183 g/mol. The van der Waals surface area contributed by atoms with Crippen molar-refractivity contribution < 1.29 is 24.3 Å². The molecule has 0 aliphatic heterocycles. The van der Waals surface area contributed by atoms with Crippen LogP contribution in [0.25, 0.3) is 0 Å². The van der Waals surface area contributed by atoms with Crippen LogP contribution in [-0.4, -0.2) is 20.9 Å². The van der Waals surface area contributed by atoms with E-state index in [1.165, 1.54) is 0 Å². The zero-order valence-corrected chi connectivity index (χ0v) is 7.12. The highest BCUT2D eigenvalue weighted by Gasteiger charge is 1.93. The third-order valence-electron chi connectivity index (χ3n) is 0.744. The number of carbonyl (C=O) groups is 1. The van der Waals surface area contributed by atoms with Crippen LogP contribution >= 0.6 is 8.25 Å². The zero-order valence-electron chi connectivity index (χ0n) is 6.23. The molecule has 0 amide bonds. The number of hydrogen-bond acceptors (Lipinski definition) is 2. The molecular formula is C5H12O5P+. The van der Waals surface area contributed by atoms with Crippen LogP contribution in [0.4, 0.5) is 0 Å². The van der Waals surface area contributed by atoms with Gasteiger partial charge in [-0.2, -0.15) is 0 Å². The van der Waals surface area contributed by atoms with Crippen LogP contribution < -0.4 is 0 Å². The predicted octanol–water partition coefficient (Wildman–Crippen LogP) is 0.890. The van der Waals surface area contributed by atoms with Crippen molar-refractivity contribution in [3.8, 4) is 0 Å². The number of rotatable bonds is 3. The van der Waals surface area contributed by atoms with Gasteiger partial charge in [0.25, 0.3) is 0 Å². The maximum absolute atomic E-state index is 9.76. The second-order valence-electron chi connectivity index (χ2n) is 1.75. The molecule has 0 aliphatic carbocycles. The largest absolute Gasteiger partial charge is 0.692 e. The topological polar surface area (TPSA) is 94.8 Å². The summed E-state index contributed by atoms with van der Waals surface area (Å²) in [6.45, 7) is 1.98. The Morgan fingerprint density at radius 1 is 1.45 bits per heavy atom. The van der Waals surface area contributed by atoms with Gasteiger partial charge in [0.15, 0.2) is 0 Å². The molecule has 0 aromatic carbocycles. The predicted molar refractivity (Wildman–Crippen MR) is 39.2 cm³/mol. The molecule has 66 valence electrons. The number of carboxylic acid groups (broad SMARTS) is 1. The number of aliphatic carboxylic acids is 1. The molecule has 0 aliphatic rings. The Labute approximate surface area is 65.6 Å². The molecule has 11 heavy (non-hydrogen) atoms. The highest BCUT2D eigenvalue weighted by Crippen LogP contribution is 1.98. The lowest BCUT2D eigenvalue weighted by Crippen LogP contribution is -1.91. The molecule has 0 saturated carbocycles. The summed E-state index contributed by atoms with van der Waals surface area (Å²) in [5, 5.41) is 8.04. The van der Waals surface area contributed by atoms with Gasteiger partial charge in [0.05, 0.1) is 0 Å². The van der Waals surface area contributed by atoms with E-state index in [1.807, 2.05) is 6.92 Å². The average molecular weight is 183 g/mol. The van der Waals surface area contributed by atoms with E-state index in [0.29, 0.717) is 6.42 Å². The summed E-state index contributed by atoms with van der Waals surface area (Å²) in [5.41, 5.74) is 0. The molecule has 0 rings (SSSR count). The molecule has 6 heteroatoms. The molecule has 5 nitrogen and oxygen atoms in total. The first-order chi connectivity index (χ1) is 5.00. The van der Waals surface area contributed by atoms with E-state index >= 15 is 0 Å². The first-order valence-electron chi connectivity index (χ1n) is 3.07. The molecule has 0 unspecified atom stereocenters. The lowest BCUT2D eigenvalue weighted by molar-refractivity contribution is -0.137. The second kappa shape index (κ2) is 9.49. The van der Waals surface area contributed by atoms with E-state index in [4.69, 9.17) is 19.5 Å². The standard InChI is InChI=1S/C5H10O2.HO3P/c1-2-3-4-5(6)7;1-4(2)3/h2-4H2,1H3,(H,6,7);(H-,1,2,3)/p+1. The van der Waals surface area contributed by atoms with Crippen molar-refractivity contribution >= 4 is 14.2 Å². The quantitative estimate of drug-likeness (QED) is 0.564. The number of carboxylic acids is 1. The van der Waals surface area contributed by atoms with Crippen LogP contribution in [0.1, 0.15) is 26.2 Å². The van der Waals surface area contributed by atoms with Gasteiger partial charge in [0, 0.05) is 11.0 Å². The van der Waals surface area contributed by atoms with Gasteiger partial charge in [-0.05, 0) is 6.42 Å². The molecular weight excluding hydrogens is 171 g/mol. The first-order valence-corrected chi connectivity index (χ1v) is 4.24. The number of hydrogen-bond donors (Lipinski definition) is 3. The molecule has 3 N–H and O–H groups in total. The van der Waals surface area contributed by atoms with Gasteiger partial charge in [-0.1, -0.05) is 13.3 Å². The van der Waals surface area contributed by atoms with Crippen molar-refractivity contribution in [3.05, 3.63) is 0 Å². The van der Waals surface area contributed by atoms with Gasteiger partial charge in [-0.15, -0.1) is 9.79 Å². The minimum Gasteiger partial charge on any atom is -0.481 e. The van der Waals surface area contributed by atoms with Crippen LogP contribution in [0.5, 0.6) is 0 Å². The fraction of sp³-hybridized carbons (Fsp3) is 0.800. The highest BCUT2D eigenvalue weighted by molar-refractivity contribution is 7.30. The van der Waals surface area contributed by atoms with Gasteiger partial charge >= 0.3 is 14.2 Å². The van der Waals surface area contributed by atoms with Crippen molar-refractivity contribution in [2.75, 3.05) is 0 Å². The summed E-state index contributed by atoms with van der Waals surface area (Å²) >= 11 is 0. The van der Waals surface area contributed by atoms with E-state index in [9.17, 15) is 4.79 Å². The van der Waals surface area contributed by atoms with Crippen LogP contribution in [0, 0.1) is 0 Å². The summed E-state index contributed by atoms with van der Waals surface area (Å²) in [7, 11) is -2.87. The normalized spacial score (nSPS) is 7.91. The van der Waals surface area contributed by atoms with Crippen molar-refractivity contribution in [2.45, 2.75) is 26.2 Å². The minimum atomic E-state index is -2.87. The van der Waals surface area contributed by atoms with Gasteiger partial charge < -0.3 is 5.11 Å². The van der Waals surface area contributed by atoms with Crippen LogP contribution in [0.2, 0.25) is 0 Å². The van der Waals surface area contributed by atoms with Gasteiger partial charge in [0.1, 0.15) is 0 Å². The van der Waals surface area contributed by atoms with E-state index in [1.54, 1.807) is 0 Å². The molecule has 0 fully saturated rings. The fourth-order valence-corrected chi connectivity index (χ4v) is 0.328. The molecule has 0 bridgehead atoms. The Morgan fingerprint density at radius 2 is 1.82 bits per heavy atom. The molecule has 0 heterocycles. The van der Waals surface area contributed by atoms with Crippen LogP contribution in [0.3, 0.4) is 0 Å². The Kier molecular flexibility index (Phi) is 11.3. The summed E-state index contributed by atoms with van der Waals surface area (Å²) in [4.78, 5) is 24.0. The number of unbranched alkanes of at least 4 members (excludes halogenated alkanes) is 1. The Balaban J connectivity index is 0. The molecule has 0 saturated heterocycles. The van der Waals surface area contributed by atoms with E-state index in [-0.39, 0.29) is 0 Å². The van der Waals surface area contributed by atoms with E-state index in [0.717, 1.165) is 12.8 Å². The minimum absolute atomic E-state index is 0.316. The lowest BCUT2D eigenvalue weighted by atomic mass is 10.3. The summed E-state index contributed by atoms with van der Waals surface area (Å²) < 4.78 is 8.70. The Hall–Kier alpha value is -0.510. The molecule has 0 atom stereocenters. The maximum atomic E-state index is 9.76. The van der Waals surface area contributed by atoms with Crippen molar-refractivity contribution in [2.24, 2.45) is 0 Å². The fourth-order valence-electron chi connectivity index (χ4n) is 0.328. The third-order valence-corrected chi connectivity index (χ3v) is 0.744. The first kappa shape index (κ1) is 13.1. The SMILES string of the molecule is CCCCC(=O)O.O=[P+](O)O. The van der Waals surface area contributed by atoms with Crippen molar-refractivity contribution in [1.29, 1.82) is 0 Å². The molecule has 0 aromatic rings. The van der Waals surface area contributed by atoms with E-state index < -0.39 is 14.2 Å². The zero-order chi connectivity index (χ0) is 9.28. The Bertz CT molecular complexity index is 120. The smallest absolute Gasteiger partial charge is 0.481 e. The highest BCUT2D eigenvalue weighted by atomic mass is 31.1. The van der Waals surface area contributed by atoms with Crippen LogP contribution in [0.15, 0.2) is 0 Å². The summed E-state index contributed by atoms with van der Waals surface area (Å²) in [6.07, 6.45) is 2.08. The van der Waals surface area contributed by atoms with E-state index in [2.05, 4.69) is 0 Å². The van der Waals surface area contributed by atoms with Gasteiger partial charge in [0.2, 0.25) is 0 Å². The summed E-state index contributed by atoms with van der Waals surface area (Å²) in [5.74, 6) is -0.693. The van der Waals surface area contributed by atoms with Crippen molar-refractivity contribution in [3.63, 3.8) is 0 Å². The summed E-state index contributed by atoms with van der Waals surface area (Å²) in [6, 6.07) is 0. The average Bonchev–Trinajstić information content (AvgIpc) is 1.82. The lowest BCUT2D eigenvalue weighted by Gasteiger charge is -1.85. The molecule has 0 radical (unpaired) electrons. The molecule has 0 spiro atoms. The van der Waals surface area contributed by atoms with Crippen LogP contribution in [-0.2, 0) is 9.36 Å². The van der Waals surface area contributed by atoms with Crippen molar-refractivity contribution in [1.82, 2.24) is 0 Å². The second-order valence-corrected chi connectivity index (χ2v) is 2.26.